The lowest BCUT2D eigenvalue weighted by Gasteiger charge is -2.24. The summed E-state index contributed by atoms with van der Waals surface area (Å²) in [5.74, 6) is -0.536. The molecule has 0 unspecified atom stereocenters. The normalized spacial score (nSPS) is 12.0. The molecular formula is C22H24N2O3S2. The standard InChI is InChI=1S/C22H24N2O3S2/c1-15-8-10-18(11-9-15)22(3,4)13-20(25)24-29(26,27)19-7-5-6-17(12-19)21-23-16(2)14-28-21/h5-12,14H,13H2,1-4H3,(H,24,25). The SMILES string of the molecule is Cc1ccc(C(C)(C)CC(=O)NS(=O)(=O)c2cccc(-c3nc(C)cs3)c2)cc1. The van der Waals surface area contributed by atoms with Crippen LogP contribution in [0.1, 0.15) is 37.1 Å². The minimum atomic E-state index is -3.97. The molecule has 0 aliphatic carbocycles. The minimum Gasteiger partial charge on any atom is -0.274 e. The second-order valence-electron chi connectivity index (χ2n) is 7.78. The molecule has 7 heteroatoms. The summed E-state index contributed by atoms with van der Waals surface area (Å²) < 4.78 is 27.7. The molecule has 0 saturated heterocycles. The monoisotopic (exact) mass is 428 g/mol. The van der Waals surface area contributed by atoms with E-state index in [1.54, 1.807) is 18.2 Å². The van der Waals surface area contributed by atoms with E-state index >= 15 is 0 Å². The second-order valence-corrected chi connectivity index (χ2v) is 10.3. The first-order valence-electron chi connectivity index (χ1n) is 9.22. The highest BCUT2D eigenvalue weighted by Crippen LogP contribution is 2.28. The smallest absolute Gasteiger partial charge is 0.264 e. The van der Waals surface area contributed by atoms with Crippen molar-refractivity contribution in [3.63, 3.8) is 0 Å². The summed E-state index contributed by atoms with van der Waals surface area (Å²) in [6.45, 7) is 7.73. The molecule has 3 rings (SSSR count). The van der Waals surface area contributed by atoms with Gasteiger partial charge in [0.25, 0.3) is 10.0 Å². The fourth-order valence-electron chi connectivity index (χ4n) is 3.04. The van der Waals surface area contributed by atoms with Gasteiger partial charge in [-0.3, -0.25) is 4.79 Å². The Hall–Kier alpha value is -2.51. The van der Waals surface area contributed by atoms with Crippen LogP contribution in [0.15, 0.2) is 58.8 Å². The van der Waals surface area contributed by atoms with Gasteiger partial charge in [0.2, 0.25) is 5.91 Å². The molecule has 0 bridgehead atoms. The molecule has 0 spiro atoms. The summed E-state index contributed by atoms with van der Waals surface area (Å²) in [4.78, 5) is 17.0. The van der Waals surface area contributed by atoms with E-state index in [9.17, 15) is 13.2 Å². The highest BCUT2D eigenvalue weighted by molar-refractivity contribution is 7.90. The lowest BCUT2D eigenvalue weighted by Crippen LogP contribution is -2.35. The van der Waals surface area contributed by atoms with Gasteiger partial charge in [0.15, 0.2) is 0 Å². The molecular weight excluding hydrogens is 404 g/mol. The van der Waals surface area contributed by atoms with E-state index in [0.29, 0.717) is 5.56 Å². The number of rotatable bonds is 6. The van der Waals surface area contributed by atoms with Crippen molar-refractivity contribution in [3.8, 4) is 10.6 Å². The molecule has 1 aromatic heterocycles. The zero-order valence-corrected chi connectivity index (χ0v) is 18.5. The van der Waals surface area contributed by atoms with Gasteiger partial charge in [0, 0.05) is 23.1 Å². The van der Waals surface area contributed by atoms with Gasteiger partial charge < -0.3 is 0 Å². The van der Waals surface area contributed by atoms with E-state index in [4.69, 9.17) is 0 Å². The summed E-state index contributed by atoms with van der Waals surface area (Å²) in [6, 6.07) is 14.4. The maximum absolute atomic E-state index is 12.7. The number of thiazole rings is 1. The van der Waals surface area contributed by atoms with Gasteiger partial charge in [-0.05, 0) is 37.0 Å². The molecule has 152 valence electrons. The van der Waals surface area contributed by atoms with Crippen LogP contribution in [0.3, 0.4) is 0 Å². The quantitative estimate of drug-likeness (QED) is 0.622. The molecule has 0 fully saturated rings. The van der Waals surface area contributed by atoms with E-state index in [-0.39, 0.29) is 11.3 Å². The van der Waals surface area contributed by atoms with Gasteiger partial charge in [0.1, 0.15) is 5.01 Å². The maximum Gasteiger partial charge on any atom is 0.264 e. The number of benzene rings is 2. The summed E-state index contributed by atoms with van der Waals surface area (Å²) in [5, 5.41) is 2.65. The molecule has 0 aliphatic rings. The van der Waals surface area contributed by atoms with Gasteiger partial charge in [-0.15, -0.1) is 11.3 Å². The van der Waals surface area contributed by atoms with Crippen LogP contribution in [-0.4, -0.2) is 19.3 Å². The largest absolute Gasteiger partial charge is 0.274 e. The van der Waals surface area contributed by atoms with E-state index in [1.165, 1.54) is 17.4 Å². The first-order valence-corrected chi connectivity index (χ1v) is 11.6. The number of carbonyl (C=O) groups excluding carboxylic acids is 1. The van der Waals surface area contributed by atoms with Crippen molar-refractivity contribution in [1.29, 1.82) is 0 Å². The van der Waals surface area contributed by atoms with Gasteiger partial charge >= 0.3 is 0 Å². The Labute approximate surface area is 175 Å². The summed E-state index contributed by atoms with van der Waals surface area (Å²) in [6.07, 6.45) is 0.0562. The maximum atomic E-state index is 12.7. The zero-order chi connectivity index (χ0) is 21.2. The van der Waals surface area contributed by atoms with Crippen molar-refractivity contribution in [2.75, 3.05) is 0 Å². The average molecular weight is 429 g/mol. The molecule has 1 amide bonds. The zero-order valence-electron chi connectivity index (χ0n) is 16.9. The molecule has 2 aromatic carbocycles. The first kappa shape index (κ1) is 21.2. The predicted molar refractivity (Wildman–Crippen MR) is 116 cm³/mol. The van der Waals surface area contributed by atoms with Crippen molar-refractivity contribution < 1.29 is 13.2 Å². The summed E-state index contributed by atoms with van der Waals surface area (Å²) in [5.41, 5.74) is 3.21. The summed E-state index contributed by atoms with van der Waals surface area (Å²) >= 11 is 1.45. The number of nitrogens with one attached hydrogen (secondary N) is 1. The van der Waals surface area contributed by atoms with Crippen LogP contribution in [0.25, 0.3) is 10.6 Å². The highest BCUT2D eigenvalue weighted by atomic mass is 32.2. The molecule has 1 heterocycles. The Morgan fingerprint density at radius 2 is 1.79 bits per heavy atom. The molecule has 1 N–H and O–H groups in total. The number of nitrogens with zero attached hydrogens (tertiary/aromatic N) is 1. The summed E-state index contributed by atoms with van der Waals surface area (Å²) in [7, 11) is -3.97. The Morgan fingerprint density at radius 3 is 2.41 bits per heavy atom. The third-order valence-electron chi connectivity index (χ3n) is 4.69. The van der Waals surface area contributed by atoms with E-state index in [1.807, 2.05) is 57.3 Å². The number of hydrogen-bond donors (Lipinski definition) is 1. The van der Waals surface area contributed by atoms with Crippen molar-refractivity contribution in [2.45, 2.75) is 44.4 Å². The number of sulfonamides is 1. The second kappa shape index (κ2) is 8.08. The average Bonchev–Trinajstić information content (AvgIpc) is 3.07. The fourth-order valence-corrected chi connectivity index (χ4v) is 4.86. The van der Waals surface area contributed by atoms with Crippen LogP contribution in [0.4, 0.5) is 0 Å². The van der Waals surface area contributed by atoms with Crippen LogP contribution in [0.5, 0.6) is 0 Å². The molecule has 0 aliphatic heterocycles. The number of hydrogen-bond acceptors (Lipinski definition) is 5. The molecule has 29 heavy (non-hydrogen) atoms. The van der Waals surface area contributed by atoms with E-state index in [2.05, 4.69) is 9.71 Å². The van der Waals surface area contributed by atoms with Crippen molar-refractivity contribution in [1.82, 2.24) is 9.71 Å². The molecule has 0 saturated carbocycles. The van der Waals surface area contributed by atoms with Gasteiger partial charge in [-0.1, -0.05) is 55.8 Å². The lowest BCUT2D eigenvalue weighted by atomic mass is 9.81. The van der Waals surface area contributed by atoms with Gasteiger partial charge in [-0.25, -0.2) is 18.1 Å². The highest BCUT2D eigenvalue weighted by Gasteiger charge is 2.27. The van der Waals surface area contributed by atoms with Crippen molar-refractivity contribution in [3.05, 3.63) is 70.7 Å². The predicted octanol–water partition coefficient (Wildman–Crippen LogP) is 4.60. The van der Waals surface area contributed by atoms with Crippen LogP contribution in [-0.2, 0) is 20.2 Å². The van der Waals surface area contributed by atoms with Crippen LogP contribution >= 0.6 is 11.3 Å². The minimum absolute atomic E-state index is 0.0457. The van der Waals surface area contributed by atoms with Gasteiger partial charge in [-0.2, -0.15) is 0 Å². The molecule has 0 radical (unpaired) electrons. The van der Waals surface area contributed by atoms with E-state index in [0.717, 1.165) is 21.8 Å². The Morgan fingerprint density at radius 1 is 1.10 bits per heavy atom. The first-order chi connectivity index (χ1) is 13.6. The number of carbonyl (C=O) groups is 1. The van der Waals surface area contributed by atoms with Gasteiger partial charge in [0.05, 0.1) is 4.90 Å². The Kier molecular flexibility index (Phi) is 5.91. The number of aryl methyl sites for hydroxylation is 2. The third kappa shape index (κ3) is 5.10. The van der Waals surface area contributed by atoms with Crippen LogP contribution in [0, 0.1) is 13.8 Å². The Bertz CT molecular complexity index is 1130. The number of aromatic nitrogens is 1. The van der Waals surface area contributed by atoms with Crippen LogP contribution in [0.2, 0.25) is 0 Å². The molecule has 0 atom stereocenters. The molecule has 3 aromatic rings. The third-order valence-corrected chi connectivity index (χ3v) is 7.07. The molecule has 5 nitrogen and oxygen atoms in total. The van der Waals surface area contributed by atoms with Crippen molar-refractivity contribution in [2.24, 2.45) is 0 Å². The van der Waals surface area contributed by atoms with E-state index < -0.39 is 21.3 Å². The number of amides is 1. The van der Waals surface area contributed by atoms with Crippen LogP contribution < -0.4 is 4.72 Å². The lowest BCUT2D eigenvalue weighted by molar-refractivity contribution is -0.120. The topological polar surface area (TPSA) is 76.1 Å². The fraction of sp³-hybridized carbons (Fsp3) is 0.273. The van der Waals surface area contributed by atoms with Crippen molar-refractivity contribution >= 4 is 27.3 Å². The Balaban J connectivity index is 1.77.